The molecule has 0 aromatic rings. The summed E-state index contributed by atoms with van der Waals surface area (Å²) < 4.78 is 5.50. The van der Waals surface area contributed by atoms with Crippen LogP contribution in [-0.2, 0) is 14.3 Å². The Labute approximate surface area is 113 Å². The van der Waals surface area contributed by atoms with Gasteiger partial charge in [-0.1, -0.05) is 0 Å². The van der Waals surface area contributed by atoms with Gasteiger partial charge >= 0.3 is 0 Å². The van der Waals surface area contributed by atoms with Crippen LogP contribution >= 0.6 is 0 Å². The third kappa shape index (κ3) is 4.80. The molecule has 1 aliphatic carbocycles. The van der Waals surface area contributed by atoms with Crippen molar-refractivity contribution in [1.29, 1.82) is 0 Å². The number of rotatable bonds is 7. The van der Waals surface area contributed by atoms with Gasteiger partial charge < -0.3 is 21.1 Å². The maximum Gasteiger partial charge on any atom is 0.249 e. The molecule has 0 spiro atoms. The van der Waals surface area contributed by atoms with Crippen LogP contribution in [-0.4, -0.2) is 43.2 Å². The van der Waals surface area contributed by atoms with Crippen molar-refractivity contribution in [3.63, 3.8) is 0 Å². The highest BCUT2D eigenvalue weighted by Crippen LogP contribution is 2.19. The van der Waals surface area contributed by atoms with Gasteiger partial charge in [0.15, 0.2) is 0 Å². The number of nitrogens with one attached hydrogen (secondary N) is 2. The molecule has 4 N–H and O–H groups in total. The van der Waals surface area contributed by atoms with Crippen molar-refractivity contribution >= 4 is 11.8 Å². The van der Waals surface area contributed by atoms with E-state index in [-0.39, 0.29) is 24.0 Å². The van der Waals surface area contributed by atoms with Crippen LogP contribution in [0.4, 0.5) is 0 Å². The number of carbonyl (C=O) groups excluding carboxylic acids is 2. The van der Waals surface area contributed by atoms with Gasteiger partial charge in [0.2, 0.25) is 11.8 Å². The van der Waals surface area contributed by atoms with E-state index in [0.29, 0.717) is 32.0 Å². The summed E-state index contributed by atoms with van der Waals surface area (Å²) in [5.41, 5.74) is 5.49. The Balaban J connectivity index is 1.52. The molecule has 1 saturated carbocycles. The highest BCUT2D eigenvalue weighted by molar-refractivity contribution is 5.81. The van der Waals surface area contributed by atoms with Gasteiger partial charge in [0.05, 0.1) is 6.10 Å². The first-order valence-electron chi connectivity index (χ1n) is 7.11. The van der Waals surface area contributed by atoms with Gasteiger partial charge in [0.1, 0.15) is 6.10 Å². The lowest BCUT2D eigenvalue weighted by molar-refractivity contribution is -0.132. The molecule has 1 heterocycles. The third-order valence-corrected chi connectivity index (χ3v) is 3.49. The lowest BCUT2D eigenvalue weighted by Crippen LogP contribution is -2.36. The number of nitrogens with two attached hydrogens (primary N) is 1. The van der Waals surface area contributed by atoms with E-state index in [2.05, 4.69) is 10.6 Å². The van der Waals surface area contributed by atoms with Gasteiger partial charge in [-0.15, -0.1) is 0 Å². The first kappa shape index (κ1) is 14.3. The van der Waals surface area contributed by atoms with Crippen LogP contribution < -0.4 is 16.4 Å². The smallest absolute Gasteiger partial charge is 0.249 e. The quantitative estimate of drug-likeness (QED) is 0.552. The molecule has 0 aromatic heterocycles. The minimum absolute atomic E-state index is 0.0140. The van der Waals surface area contributed by atoms with E-state index in [0.717, 1.165) is 25.7 Å². The second-order valence-electron chi connectivity index (χ2n) is 5.30. The summed E-state index contributed by atoms with van der Waals surface area (Å²) in [5, 5.41) is 5.73. The monoisotopic (exact) mass is 269 g/mol. The fourth-order valence-electron chi connectivity index (χ4n) is 2.17. The van der Waals surface area contributed by atoms with Crippen molar-refractivity contribution in [1.82, 2.24) is 10.6 Å². The molecule has 2 fully saturated rings. The highest BCUT2D eigenvalue weighted by atomic mass is 16.5. The van der Waals surface area contributed by atoms with Crippen molar-refractivity contribution < 1.29 is 14.3 Å². The van der Waals surface area contributed by atoms with Crippen LogP contribution in [0.3, 0.4) is 0 Å². The largest absolute Gasteiger partial charge is 0.364 e. The molecule has 2 atom stereocenters. The first-order chi connectivity index (χ1) is 9.19. The molecule has 2 rings (SSSR count). The Bertz CT molecular complexity index is 331. The molecule has 0 radical (unpaired) electrons. The zero-order valence-electron chi connectivity index (χ0n) is 11.2. The predicted molar refractivity (Wildman–Crippen MR) is 70.4 cm³/mol. The second kappa shape index (κ2) is 6.86. The highest BCUT2D eigenvalue weighted by Gasteiger charge is 2.29. The Morgan fingerprint density at radius 1 is 1.21 bits per heavy atom. The third-order valence-electron chi connectivity index (χ3n) is 3.49. The Morgan fingerprint density at radius 3 is 2.63 bits per heavy atom. The van der Waals surface area contributed by atoms with Crippen LogP contribution in [0, 0.1) is 0 Å². The topological polar surface area (TPSA) is 93.5 Å². The van der Waals surface area contributed by atoms with Gasteiger partial charge in [-0.25, -0.2) is 0 Å². The van der Waals surface area contributed by atoms with Crippen LogP contribution in [0.25, 0.3) is 0 Å². The van der Waals surface area contributed by atoms with E-state index < -0.39 is 0 Å². The van der Waals surface area contributed by atoms with E-state index in [9.17, 15) is 9.59 Å². The fourth-order valence-corrected chi connectivity index (χ4v) is 2.17. The van der Waals surface area contributed by atoms with E-state index in [1.54, 1.807) is 0 Å². The SMILES string of the molecule is NCC1CCC(C(=O)NCCCC(=O)NC2CC2)O1. The lowest BCUT2D eigenvalue weighted by atomic mass is 10.2. The summed E-state index contributed by atoms with van der Waals surface area (Å²) in [4.78, 5) is 23.2. The van der Waals surface area contributed by atoms with Gasteiger partial charge in [-0.2, -0.15) is 0 Å². The van der Waals surface area contributed by atoms with Crippen LogP contribution in [0.2, 0.25) is 0 Å². The molecule has 0 bridgehead atoms. The number of amides is 2. The number of hydrogen-bond acceptors (Lipinski definition) is 4. The maximum absolute atomic E-state index is 11.8. The molecule has 6 nitrogen and oxygen atoms in total. The predicted octanol–water partition coefficient (Wildman–Crippen LogP) is -0.332. The molecular formula is C13H23N3O3. The Hall–Kier alpha value is -1.14. The Kier molecular flexibility index (Phi) is 5.15. The lowest BCUT2D eigenvalue weighted by Gasteiger charge is -2.12. The number of carbonyl (C=O) groups is 2. The van der Waals surface area contributed by atoms with Crippen molar-refractivity contribution in [2.75, 3.05) is 13.1 Å². The zero-order valence-corrected chi connectivity index (χ0v) is 11.2. The summed E-state index contributed by atoms with van der Waals surface area (Å²) in [6, 6.07) is 0.405. The van der Waals surface area contributed by atoms with Crippen molar-refractivity contribution in [3.05, 3.63) is 0 Å². The molecule has 2 unspecified atom stereocenters. The molecule has 6 heteroatoms. The number of ether oxygens (including phenoxy) is 1. The molecule has 0 aromatic carbocycles. The molecule has 2 aliphatic rings. The van der Waals surface area contributed by atoms with Crippen LogP contribution in [0.1, 0.15) is 38.5 Å². The van der Waals surface area contributed by atoms with Gasteiger partial charge in [-0.3, -0.25) is 9.59 Å². The summed E-state index contributed by atoms with van der Waals surface area (Å²) in [7, 11) is 0. The first-order valence-corrected chi connectivity index (χ1v) is 7.11. The minimum atomic E-state index is -0.367. The van der Waals surface area contributed by atoms with E-state index in [1.807, 2.05) is 0 Å². The summed E-state index contributed by atoms with van der Waals surface area (Å²) in [6.07, 6.45) is 4.56. The standard InChI is InChI=1S/C13H23N3O3/c14-8-10-5-6-11(19-10)13(18)15-7-1-2-12(17)16-9-3-4-9/h9-11H,1-8,14H2,(H,15,18)(H,16,17). The average molecular weight is 269 g/mol. The van der Waals surface area contributed by atoms with Gasteiger partial charge in [0, 0.05) is 25.6 Å². The zero-order chi connectivity index (χ0) is 13.7. The summed E-state index contributed by atoms with van der Waals surface area (Å²) in [5.74, 6) is -0.00406. The van der Waals surface area contributed by atoms with Crippen molar-refractivity contribution in [2.45, 2.75) is 56.8 Å². The maximum atomic E-state index is 11.8. The Morgan fingerprint density at radius 2 is 2.00 bits per heavy atom. The van der Waals surface area contributed by atoms with Crippen molar-refractivity contribution in [3.8, 4) is 0 Å². The van der Waals surface area contributed by atoms with Crippen molar-refractivity contribution in [2.24, 2.45) is 5.73 Å². The molecule has 1 saturated heterocycles. The van der Waals surface area contributed by atoms with Crippen LogP contribution in [0.5, 0.6) is 0 Å². The second-order valence-corrected chi connectivity index (χ2v) is 5.30. The molecule has 19 heavy (non-hydrogen) atoms. The summed E-state index contributed by atoms with van der Waals surface area (Å²) >= 11 is 0. The van der Waals surface area contributed by atoms with E-state index in [4.69, 9.17) is 10.5 Å². The molecule has 2 amide bonds. The van der Waals surface area contributed by atoms with Gasteiger partial charge in [-0.05, 0) is 32.1 Å². The minimum Gasteiger partial charge on any atom is -0.364 e. The fraction of sp³-hybridized carbons (Fsp3) is 0.846. The summed E-state index contributed by atoms with van der Waals surface area (Å²) in [6.45, 7) is 0.981. The average Bonchev–Trinajstić information content (AvgIpc) is 3.08. The molecule has 1 aliphatic heterocycles. The van der Waals surface area contributed by atoms with E-state index in [1.165, 1.54) is 0 Å². The molecular weight excluding hydrogens is 246 g/mol. The van der Waals surface area contributed by atoms with E-state index >= 15 is 0 Å². The number of hydrogen-bond donors (Lipinski definition) is 3. The van der Waals surface area contributed by atoms with Gasteiger partial charge in [0.25, 0.3) is 0 Å². The molecule has 108 valence electrons. The van der Waals surface area contributed by atoms with Crippen LogP contribution in [0.15, 0.2) is 0 Å². The normalized spacial score (nSPS) is 26.2.